The average Bonchev–Trinajstić information content (AvgIpc) is 2.64. The first-order valence-electron chi connectivity index (χ1n) is 4.32. The number of nitrogens with zero attached hydrogens (tertiary/aromatic N) is 1. The smallest absolute Gasteiger partial charge is 0.245 e. The van der Waals surface area contributed by atoms with Crippen molar-refractivity contribution in [1.29, 1.82) is 0 Å². The molecule has 1 saturated heterocycles. The maximum atomic E-state index is 11.2. The summed E-state index contributed by atoms with van der Waals surface area (Å²) in [4.78, 5) is 24.0. The van der Waals surface area contributed by atoms with Gasteiger partial charge in [0, 0.05) is 20.1 Å². The van der Waals surface area contributed by atoms with Gasteiger partial charge in [-0.2, -0.15) is 0 Å². The molecule has 1 rings (SSSR count). The van der Waals surface area contributed by atoms with E-state index in [-0.39, 0.29) is 17.7 Å². The van der Waals surface area contributed by atoms with E-state index in [9.17, 15) is 9.59 Å². The number of carbonyl (C=O) groups is 2. The van der Waals surface area contributed by atoms with Crippen LogP contribution in [0.2, 0.25) is 0 Å². The first kappa shape index (κ1) is 9.77. The Hall–Kier alpha value is -1.32. The number of hydrogen-bond donors (Lipinski definition) is 1. The van der Waals surface area contributed by atoms with E-state index in [4.69, 9.17) is 0 Å². The Morgan fingerprint density at radius 3 is 2.85 bits per heavy atom. The lowest BCUT2D eigenvalue weighted by atomic mass is 10.1. The predicted octanol–water partition coefficient (Wildman–Crippen LogP) is -0.233. The second-order valence-corrected chi connectivity index (χ2v) is 3.09. The minimum Gasteiger partial charge on any atom is -0.359 e. The Morgan fingerprint density at radius 1 is 1.62 bits per heavy atom. The average molecular weight is 182 g/mol. The lowest BCUT2D eigenvalue weighted by molar-refractivity contribution is -0.126. The summed E-state index contributed by atoms with van der Waals surface area (Å²) in [6.07, 6.45) is 2.03. The number of likely N-dealkylation sites (tertiary alicyclic amines) is 1. The van der Waals surface area contributed by atoms with E-state index >= 15 is 0 Å². The molecular formula is C9H14N2O2. The minimum atomic E-state index is -0.0913. The molecule has 1 fully saturated rings. The van der Waals surface area contributed by atoms with Crippen molar-refractivity contribution in [2.75, 3.05) is 20.1 Å². The molecule has 1 atom stereocenters. The minimum absolute atomic E-state index is 0.0133. The summed E-state index contributed by atoms with van der Waals surface area (Å²) in [5.74, 6) is -0.125. The highest BCUT2D eigenvalue weighted by Crippen LogP contribution is 2.16. The molecule has 13 heavy (non-hydrogen) atoms. The highest BCUT2D eigenvalue weighted by atomic mass is 16.2. The van der Waals surface area contributed by atoms with Crippen LogP contribution in [0.25, 0.3) is 0 Å². The van der Waals surface area contributed by atoms with Gasteiger partial charge in [0.2, 0.25) is 11.8 Å². The van der Waals surface area contributed by atoms with Gasteiger partial charge in [0.05, 0.1) is 5.92 Å². The van der Waals surface area contributed by atoms with Crippen molar-refractivity contribution in [3.05, 3.63) is 12.7 Å². The van der Waals surface area contributed by atoms with Gasteiger partial charge in [-0.25, -0.2) is 0 Å². The Balaban J connectivity index is 2.49. The molecule has 2 amide bonds. The molecule has 0 aromatic heterocycles. The van der Waals surface area contributed by atoms with Crippen LogP contribution in [0.1, 0.15) is 6.42 Å². The molecule has 4 heteroatoms. The molecule has 0 saturated carbocycles. The van der Waals surface area contributed by atoms with Crippen molar-refractivity contribution >= 4 is 11.8 Å². The molecule has 0 radical (unpaired) electrons. The van der Waals surface area contributed by atoms with E-state index in [1.54, 1.807) is 11.9 Å². The third-order valence-electron chi connectivity index (χ3n) is 2.29. The summed E-state index contributed by atoms with van der Waals surface area (Å²) < 4.78 is 0. The molecule has 1 aliphatic heterocycles. The standard InChI is InChI=1S/C9H14N2O2/c1-3-8(12)11-5-4-7(6-11)9(13)10-2/h3,7H,1,4-6H2,2H3,(H,10,13). The van der Waals surface area contributed by atoms with Gasteiger partial charge in [0.1, 0.15) is 0 Å². The van der Waals surface area contributed by atoms with Crippen LogP contribution in [0, 0.1) is 5.92 Å². The molecule has 1 N–H and O–H groups in total. The van der Waals surface area contributed by atoms with E-state index in [0.29, 0.717) is 13.1 Å². The highest BCUT2D eigenvalue weighted by Gasteiger charge is 2.29. The van der Waals surface area contributed by atoms with Crippen molar-refractivity contribution in [1.82, 2.24) is 10.2 Å². The van der Waals surface area contributed by atoms with Gasteiger partial charge in [-0.05, 0) is 12.5 Å². The number of carbonyl (C=O) groups excluding carboxylic acids is 2. The van der Waals surface area contributed by atoms with Crippen molar-refractivity contribution < 1.29 is 9.59 Å². The molecule has 1 heterocycles. The van der Waals surface area contributed by atoms with Gasteiger partial charge >= 0.3 is 0 Å². The third-order valence-corrected chi connectivity index (χ3v) is 2.29. The largest absolute Gasteiger partial charge is 0.359 e. The number of amides is 2. The Labute approximate surface area is 77.6 Å². The molecule has 1 aliphatic rings. The summed E-state index contributed by atoms with van der Waals surface area (Å²) in [6.45, 7) is 4.58. The van der Waals surface area contributed by atoms with Gasteiger partial charge in [-0.3, -0.25) is 9.59 Å². The van der Waals surface area contributed by atoms with E-state index < -0.39 is 0 Å². The Bertz CT molecular complexity index is 238. The highest BCUT2D eigenvalue weighted by molar-refractivity contribution is 5.88. The number of hydrogen-bond acceptors (Lipinski definition) is 2. The molecule has 0 aromatic rings. The first-order valence-corrected chi connectivity index (χ1v) is 4.32. The van der Waals surface area contributed by atoms with Crippen LogP contribution in [-0.2, 0) is 9.59 Å². The summed E-state index contributed by atoms with van der Waals surface area (Å²) in [6, 6.07) is 0. The van der Waals surface area contributed by atoms with Crippen LogP contribution in [0.3, 0.4) is 0 Å². The van der Waals surface area contributed by atoms with Crippen molar-refractivity contribution in [3.63, 3.8) is 0 Å². The van der Waals surface area contributed by atoms with E-state index in [1.165, 1.54) is 6.08 Å². The molecule has 1 unspecified atom stereocenters. The quantitative estimate of drug-likeness (QED) is 0.599. The van der Waals surface area contributed by atoms with E-state index in [2.05, 4.69) is 11.9 Å². The fraction of sp³-hybridized carbons (Fsp3) is 0.556. The van der Waals surface area contributed by atoms with E-state index in [0.717, 1.165) is 6.42 Å². The molecule has 4 nitrogen and oxygen atoms in total. The monoisotopic (exact) mass is 182 g/mol. The summed E-state index contributed by atoms with van der Waals surface area (Å²) in [5.41, 5.74) is 0. The second kappa shape index (κ2) is 4.07. The second-order valence-electron chi connectivity index (χ2n) is 3.09. The molecule has 0 aliphatic carbocycles. The molecular weight excluding hydrogens is 168 g/mol. The number of rotatable bonds is 2. The zero-order chi connectivity index (χ0) is 9.84. The van der Waals surface area contributed by atoms with E-state index in [1.807, 2.05) is 0 Å². The normalized spacial score (nSPS) is 21.3. The molecule has 0 aromatic carbocycles. The third kappa shape index (κ3) is 2.08. The maximum Gasteiger partial charge on any atom is 0.245 e. The Morgan fingerprint density at radius 2 is 2.31 bits per heavy atom. The zero-order valence-electron chi connectivity index (χ0n) is 7.75. The molecule has 0 spiro atoms. The van der Waals surface area contributed by atoms with Crippen LogP contribution in [0.15, 0.2) is 12.7 Å². The van der Waals surface area contributed by atoms with Crippen LogP contribution < -0.4 is 5.32 Å². The fourth-order valence-corrected chi connectivity index (χ4v) is 1.51. The lowest BCUT2D eigenvalue weighted by Gasteiger charge is -2.13. The van der Waals surface area contributed by atoms with Gasteiger partial charge in [-0.15, -0.1) is 0 Å². The van der Waals surface area contributed by atoms with Crippen LogP contribution in [0.5, 0.6) is 0 Å². The van der Waals surface area contributed by atoms with Crippen molar-refractivity contribution in [3.8, 4) is 0 Å². The SMILES string of the molecule is C=CC(=O)N1CCC(C(=O)NC)C1. The van der Waals surface area contributed by atoms with Gasteiger partial charge in [0.15, 0.2) is 0 Å². The Kier molecular flexibility index (Phi) is 3.06. The zero-order valence-corrected chi connectivity index (χ0v) is 7.75. The molecule has 0 bridgehead atoms. The van der Waals surface area contributed by atoms with Crippen molar-refractivity contribution in [2.45, 2.75) is 6.42 Å². The lowest BCUT2D eigenvalue weighted by Crippen LogP contribution is -2.32. The van der Waals surface area contributed by atoms with Gasteiger partial charge in [-0.1, -0.05) is 6.58 Å². The van der Waals surface area contributed by atoms with Crippen molar-refractivity contribution in [2.24, 2.45) is 5.92 Å². The molecule has 72 valence electrons. The number of nitrogens with one attached hydrogen (secondary N) is 1. The predicted molar refractivity (Wildman–Crippen MR) is 49.0 cm³/mol. The van der Waals surface area contributed by atoms with Gasteiger partial charge in [0.25, 0.3) is 0 Å². The maximum absolute atomic E-state index is 11.2. The van der Waals surface area contributed by atoms with Crippen LogP contribution >= 0.6 is 0 Å². The van der Waals surface area contributed by atoms with Gasteiger partial charge < -0.3 is 10.2 Å². The fourth-order valence-electron chi connectivity index (χ4n) is 1.51. The van der Waals surface area contributed by atoms with Crippen LogP contribution in [0.4, 0.5) is 0 Å². The topological polar surface area (TPSA) is 49.4 Å². The first-order chi connectivity index (χ1) is 6.19. The summed E-state index contributed by atoms with van der Waals surface area (Å²) >= 11 is 0. The van der Waals surface area contributed by atoms with Crippen LogP contribution in [-0.4, -0.2) is 36.9 Å². The summed E-state index contributed by atoms with van der Waals surface area (Å²) in [7, 11) is 1.61. The summed E-state index contributed by atoms with van der Waals surface area (Å²) in [5, 5.41) is 2.58.